The van der Waals surface area contributed by atoms with E-state index >= 15 is 0 Å². The molecule has 7 nitrogen and oxygen atoms in total. The highest BCUT2D eigenvalue weighted by molar-refractivity contribution is 6.07. The Labute approximate surface area is 132 Å². The number of aromatic hydroxyl groups is 1. The maximum Gasteiger partial charge on any atom is 0.260 e. The molecule has 0 bridgehead atoms. The predicted molar refractivity (Wildman–Crippen MR) is 86.2 cm³/mol. The van der Waals surface area contributed by atoms with Gasteiger partial charge in [0.25, 0.3) is 11.5 Å². The minimum atomic E-state index is -0.487. The molecule has 0 aliphatic carbocycles. The van der Waals surface area contributed by atoms with Crippen molar-refractivity contribution in [3.63, 3.8) is 0 Å². The number of carbonyl (C=O) groups excluding carboxylic acids is 1. The molecule has 0 spiro atoms. The number of anilines is 2. The number of morpholine rings is 1. The topological polar surface area (TPSA) is 94.7 Å². The predicted octanol–water partition coefficient (Wildman–Crippen LogP) is 1.17. The first-order valence-electron chi connectivity index (χ1n) is 7.30. The number of carbonyl (C=O) groups is 1. The summed E-state index contributed by atoms with van der Waals surface area (Å²) in [7, 11) is 0. The lowest BCUT2D eigenvalue weighted by Crippen LogP contribution is -2.36. The number of amides is 1. The molecule has 1 aromatic heterocycles. The minimum Gasteiger partial charge on any atom is -0.507 e. The SMILES string of the molecule is O=C(Nc1ccccc1N1CCOCC1)c1c[nH]c(=O)cc1O. The summed E-state index contributed by atoms with van der Waals surface area (Å²) in [6.07, 6.45) is 1.20. The summed E-state index contributed by atoms with van der Waals surface area (Å²) in [5.41, 5.74) is 1.09. The molecule has 23 heavy (non-hydrogen) atoms. The number of rotatable bonds is 3. The fraction of sp³-hybridized carbons (Fsp3) is 0.250. The number of para-hydroxylation sites is 2. The van der Waals surface area contributed by atoms with Gasteiger partial charge in [-0.25, -0.2) is 0 Å². The van der Waals surface area contributed by atoms with E-state index in [4.69, 9.17) is 4.74 Å². The summed E-state index contributed by atoms with van der Waals surface area (Å²) in [5, 5.41) is 12.5. The number of aromatic nitrogens is 1. The van der Waals surface area contributed by atoms with Gasteiger partial charge in [0.2, 0.25) is 0 Å². The van der Waals surface area contributed by atoms with Crippen LogP contribution >= 0.6 is 0 Å². The van der Waals surface area contributed by atoms with Crippen molar-refractivity contribution >= 4 is 17.3 Å². The van der Waals surface area contributed by atoms with Gasteiger partial charge in [-0.3, -0.25) is 9.59 Å². The standard InChI is InChI=1S/C16H17N3O4/c20-14-9-15(21)17-10-11(14)16(22)18-12-3-1-2-4-13(12)19-5-7-23-8-6-19/h1-4,9-10H,5-8H2,(H,18,22)(H2,17,20,21). The molecule has 1 amide bonds. The molecule has 2 heterocycles. The lowest BCUT2D eigenvalue weighted by Gasteiger charge is -2.30. The van der Waals surface area contributed by atoms with Crippen molar-refractivity contribution in [3.8, 4) is 5.75 Å². The Bertz CT molecular complexity index is 766. The van der Waals surface area contributed by atoms with E-state index in [2.05, 4.69) is 15.2 Å². The average Bonchev–Trinajstić information content (AvgIpc) is 2.56. The van der Waals surface area contributed by atoms with Gasteiger partial charge in [-0.2, -0.15) is 0 Å². The van der Waals surface area contributed by atoms with Gasteiger partial charge in [0.1, 0.15) is 5.75 Å². The molecule has 7 heteroatoms. The van der Waals surface area contributed by atoms with Crippen molar-refractivity contribution in [1.29, 1.82) is 0 Å². The number of nitrogens with one attached hydrogen (secondary N) is 2. The molecule has 120 valence electrons. The van der Waals surface area contributed by atoms with E-state index in [0.29, 0.717) is 18.9 Å². The highest BCUT2D eigenvalue weighted by atomic mass is 16.5. The Balaban J connectivity index is 1.85. The maximum atomic E-state index is 12.3. The zero-order chi connectivity index (χ0) is 16.2. The largest absolute Gasteiger partial charge is 0.507 e. The zero-order valence-electron chi connectivity index (χ0n) is 12.4. The van der Waals surface area contributed by atoms with Crippen LogP contribution in [0.3, 0.4) is 0 Å². The Hall–Kier alpha value is -2.80. The first-order chi connectivity index (χ1) is 11.1. The van der Waals surface area contributed by atoms with Crippen LogP contribution in [0.2, 0.25) is 0 Å². The van der Waals surface area contributed by atoms with Gasteiger partial charge < -0.3 is 25.0 Å². The van der Waals surface area contributed by atoms with E-state index < -0.39 is 11.5 Å². The van der Waals surface area contributed by atoms with Crippen LogP contribution in [0.4, 0.5) is 11.4 Å². The molecule has 1 aliphatic heterocycles. The second-order valence-electron chi connectivity index (χ2n) is 5.17. The highest BCUT2D eigenvalue weighted by Crippen LogP contribution is 2.27. The quantitative estimate of drug-likeness (QED) is 0.790. The fourth-order valence-electron chi connectivity index (χ4n) is 2.49. The molecule has 3 rings (SSSR count). The summed E-state index contributed by atoms with van der Waals surface area (Å²) in [6, 6.07) is 8.42. The number of aromatic amines is 1. The van der Waals surface area contributed by atoms with E-state index in [-0.39, 0.29) is 11.3 Å². The number of ether oxygens (including phenoxy) is 1. The smallest absolute Gasteiger partial charge is 0.260 e. The lowest BCUT2D eigenvalue weighted by atomic mass is 10.2. The molecular formula is C16H17N3O4. The van der Waals surface area contributed by atoms with E-state index in [1.807, 2.05) is 18.2 Å². The van der Waals surface area contributed by atoms with Crippen molar-refractivity contribution in [2.45, 2.75) is 0 Å². The molecular weight excluding hydrogens is 298 g/mol. The summed E-state index contributed by atoms with van der Waals surface area (Å²) in [5.74, 6) is -0.838. The molecule has 0 saturated carbocycles. The monoisotopic (exact) mass is 315 g/mol. The van der Waals surface area contributed by atoms with Gasteiger partial charge >= 0.3 is 0 Å². The summed E-state index contributed by atoms with van der Waals surface area (Å²) in [4.78, 5) is 28.0. The van der Waals surface area contributed by atoms with Gasteiger partial charge in [-0.1, -0.05) is 12.1 Å². The van der Waals surface area contributed by atoms with Crippen LogP contribution in [-0.4, -0.2) is 42.3 Å². The Morgan fingerprint density at radius 2 is 2.00 bits per heavy atom. The Kier molecular flexibility index (Phi) is 4.29. The molecule has 2 aromatic rings. The Morgan fingerprint density at radius 1 is 1.26 bits per heavy atom. The molecule has 1 aliphatic rings. The fourth-order valence-corrected chi connectivity index (χ4v) is 2.49. The van der Waals surface area contributed by atoms with Crippen LogP contribution in [0.15, 0.2) is 41.3 Å². The lowest BCUT2D eigenvalue weighted by molar-refractivity contribution is 0.102. The molecule has 3 N–H and O–H groups in total. The van der Waals surface area contributed by atoms with E-state index in [1.54, 1.807) is 6.07 Å². The van der Waals surface area contributed by atoms with Gasteiger partial charge in [0.15, 0.2) is 0 Å². The molecule has 0 unspecified atom stereocenters. The highest BCUT2D eigenvalue weighted by Gasteiger charge is 2.17. The first-order valence-corrected chi connectivity index (χ1v) is 7.30. The second-order valence-corrected chi connectivity index (χ2v) is 5.17. The molecule has 1 saturated heterocycles. The number of pyridine rings is 1. The Morgan fingerprint density at radius 3 is 2.74 bits per heavy atom. The summed E-state index contributed by atoms with van der Waals surface area (Å²) >= 11 is 0. The van der Waals surface area contributed by atoms with Crippen molar-refractivity contribution in [2.24, 2.45) is 0 Å². The van der Waals surface area contributed by atoms with Crippen molar-refractivity contribution in [3.05, 3.63) is 52.4 Å². The number of nitrogens with zero attached hydrogens (tertiary/aromatic N) is 1. The number of hydrogen-bond donors (Lipinski definition) is 3. The third kappa shape index (κ3) is 3.35. The van der Waals surface area contributed by atoms with Gasteiger partial charge in [0.05, 0.1) is 30.2 Å². The van der Waals surface area contributed by atoms with Crippen LogP contribution in [0, 0.1) is 0 Å². The van der Waals surface area contributed by atoms with Crippen molar-refractivity contribution in [2.75, 3.05) is 36.5 Å². The van der Waals surface area contributed by atoms with Crippen LogP contribution in [0.1, 0.15) is 10.4 Å². The number of H-pyrrole nitrogens is 1. The summed E-state index contributed by atoms with van der Waals surface area (Å²) in [6.45, 7) is 2.78. The third-order valence-electron chi connectivity index (χ3n) is 3.65. The van der Waals surface area contributed by atoms with Crippen LogP contribution in [0.5, 0.6) is 5.75 Å². The van der Waals surface area contributed by atoms with Gasteiger partial charge in [0, 0.05) is 25.4 Å². The molecule has 0 atom stereocenters. The first kappa shape index (κ1) is 15.1. The maximum absolute atomic E-state index is 12.3. The number of hydrogen-bond acceptors (Lipinski definition) is 5. The van der Waals surface area contributed by atoms with Crippen LogP contribution < -0.4 is 15.8 Å². The second kappa shape index (κ2) is 6.53. The van der Waals surface area contributed by atoms with E-state index in [0.717, 1.165) is 24.8 Å². The average molecular weight is 315 g/mol. The van der Waals surface area contributed by atoms with Crippen LogP contribution in [-0.2, 0) is 4.74 Å². The number of benzene rings is 1. The third-order valence-corrected chi connectivity index (χ3v) is 3.65. The normalized spacial score (nSPS) is 14.5. The minimum absolute atomic E-state index is 0.0152. The van der Waals surface area contributed by atoms with E-state index in [1.165, 1.54) is 6.20 Å². The summed E-state index contributed by atoms with van der Waals surface area (Å²) < 4.78 is 5.34. The zero-order valence-corrected chi connectivity index (χ0v) is 12.4. The van der Waals surface area contributed by atoms with Gasteiger partial charge in [-0.05, 0) is 12.1 Å². The van der Waals surface area contributed by atoms with Crippen LogP contribution in [0.25, 0.3) is 0 Å². The van der Waals surface area contributed by atoms with Gasteiger partial charge in [-0.15, -0.1) is 0 Å². The molecule has 0 radical (unpaired) electrons. The van der Waals surface area contributed by atoms with Crippen molar-refractivity contribution < 1.29 is 14.6 Å². The molecule has 1 aromatic carbocycles. The van der Waals surface area contributed by atoms with Crippen molar-refractivity contribution in [1.82, 2.24) is 4.98 Å². The molecule has 1 fully saturated rings. The van der Waals surface area contributed by atoms with E-state index in [9.17, 15) is 14.7 Å².